The highest BCUT2D eigenvalue weighted by molar-refractivity contribution is 7.92. The van der Waals surface area contributed by atoms with Crippen LogP contribution in [0.25, 0.3) is 0 Å². The number of rotatable bonds is 8. The third kappa shape index (κ3) is 5.43. The number of anilines is 2. The van der Waals surface area contributed by atoms with Crippen LogP contribution < -0.4 is 10.0 Å². The van der Waals surface area contributed by atoms with Crippen molar-refractivity contribution in [3.05, 3.63) is 64.2 Å². The van der Waals surface area contributed by atoms with Crippen LogP contribution in [0.15, 0.2) is 47.4 Å². The minimum atomic E-state index is -3.84. The molecule has 1 heterocycles. The summed E-state index contributed by atoms with van der Waals surface area (Å²) in [6.45, 7) is 5.67. The first-order chi connectivity index (χ1) is 14.3. The van der Waals surface area contributed by atoms with Crippen molar-refractivity contribution in [2.45, 2.75) is 44.9 Å². The Labute approximate surface area is 180 Å². The molecule has 0 aliphatic rings. The van der Waals surface area contributed by atoms with Gasteiger partial charge < -0.3 is 0 Å². The van der Waals surface area contributed by atoms with Gasteiger partial charge >= 0.3 is 0 Å². The van der Waals surface area contributed by atoms with Gasteiger partial charge in [-0.3, -0.25) is 14.8 Å². The lowest BCUT2D eigenvalue weighted by Crippen LogP contribution is -2.17. The third-order valence-corrected chi connectivity index (χ3v) is 6.67. The van der Waals surface area contributed by atoms with Crippen molar-refractivity contribution < 1.29 is 13.2 Å². The van der Waals surface area contributed by atoms with Crippen molar-refractivity contribution >= 4 is 38.1 Å². The quantitative estimate of drug-likeness (QED) is 0.531. The molecule has 0 atom stereocenters. The summed E-state index contributed by atoms with van der Waals surface area (Å²) in [5, 5.41) is 11.5. The van der Waals surface area contributed by atoms with Crippen molar-refractivity contribution in [2.24, 2.45) is 0 Å². The Morgan fingerprint density at radius 2 is 1.80 bits per heavy atom. The number of amides is 1. The number of carbonyl (C=O) groups is 1. The largest absolute Gasteiger partial charge is 0.296 e. The molecule has 2 aromatic carbocycles. The molecule has 0 fully saturated rings. The molecule has 3 aromatic rings. The fourth-order valence-corrected chi connectivity index (χ4v) is 4.53. The lowest BCUT2D eigenvalue weighted by molar-refractivity contribution is 0.102. The van der Waals surface area contributed by atoms with Crippen LogP contribution in [0.1, 0.15) is 46.3 Å². The maximum absolute atomic E-state index is 12.8. The summed E-state index contributed by atoms with van der Waals surface area (Å²) in [4.78, 5) is 12.6. The van der Waals surface area contributed by atoms with Crippen molar-refractivity contribution in [3.63, 3.8) is 0 Å². The van der Waals surface area contributed by atoms with Gasteiger partial charge in [0, 0.05) is 11.3 Å². The van der Waals surface area contributed by atoms with Crippen LogP contribution in [-0.4, -0.2) is 24.5 Å². The number of unbranched alkanes of at least 4 members (excludes halogenated alkanes) is 1. The van der Waals surface area contributed by atoms with Crippen LogP contribution in [0.4, 0.5) is 10.8 Å². The summed E-state index contributed by atoms with van der Waals surface area (Å²) in [6.07, 6.45) is 3.17. The second-order valence-corrected chi connectivity index (χ2v) is 9.83. The average molecular weight is 445 g/mol. The number of benzene rings is 2. The Morgan fingerprint density at radius 3 is 2.43 bits per heavy atom. The predicted octanol–water partition coefficient (Wildman–Crippen LogP) is 4.55. The number of aryl methyl sites for hydroxylation is 3. The molecule has 1 aromatic heterocycles. The molecule has 1 amide bonds. The Hall–Kier alpha value is -2.78. The van der Waals surface area contributed by atoms with Gasteiger partial charge in [-0.2, -0.15) is 0 Å². The van der Waals surface area contributed by atoms with Crippen LogP contribution >= 0.6 is 11.3 Å². The van der Waals surface area contributed by atoms with E-state index in [1.165, 1.54) is 29.0 Å². The molecule has 0 aliphatic heterocycles. The fourth-order valence-electron chi connectivity index (χ4n) is 2.86. The summed E-state index contributed by atoms with van der Waals surface area (Å²) in [6, 6.07) is 11.8. The molecule has 7 nitrogen and oxygen atoms in total. The smallest absolute Gasteiger partial charge is 0.261 e. The minimum absolute atomic E-state index is 0.0155. The van der Waals surface area contributed by atoms with Crippen LogP contribution in [0, 0.1) is 13.8 Å². The number of nitrogens with one attached hydrogen (secondary N) is 2. The van der Waals surface area contributed by atoms with E-state index < -0.39 is 15.9 Å². The monoisotopic (exact) mass is 444 g/mol. The SMILES string of the molecule is CCCCc1ccc(NS(=O)(=O)c2ccc(C)c(C(=O)Nc3nnc(C)s3)c2)cc1. The molecule has 0 radical (unpaired) electrons. The Morgan fingerprint density at radius 1 is 1.07 bits per heavy atom. The second-order valence-electron chi connectivity index (χ2n) is 6.96. The number of nitrogens with zero attached hydrogens (tertiary/aromatic N) is 2. The van der Waals surface area contributed by atoms with Crippen molar-refractivity contribution in [3.8, 4) is 0 Å². The molecular formula is C21H24N4O3S2. The van der Waals surface area contributed by atoms with Crippen LogP contribution in [0.5, 0.6) is 0 Å². The third-order valence-electron chi connectivity index (χ3n) is 4.54. The minimum Gasteiger partial charge on any atom is -0.296 e. The number of hydrogen-bond donors (Lipinski definition) is 2. The zero-order valence-electron chi connectivity index (χ0n) is 17.1. The van der Waals surface area contributed by atoms with Crippen LogP contribution in [-0.2, 0) is 16.4 Å². The van der Waals surface area contributed by atoms with Gasteiger partial charge in [-0.05, 0) is 62.1 Å². The lowest BCUT2D eigenvalue weighted by Gasteiger charge is -2.11. The van der Waals surface area contributed by atoms with Crippen LogP contribution in [0.2, 0.25) is 0 Å². The molecular weight excluding hydrogens is 420 g/mol. The molecule has 0 saturated carbocycles. The van der Waals surface area contributed by atoms with E-state index in [2.05, 4.69) is 27.2 Å². The summed E-state index contributed by atoms with van der Waals surface area (Å²) < 4.78 is 28.3. The maximum Gasteiger partial charge on any atom is 0.261 e. The lowest BCUT2D eigenvalue weighted by atomic mass is 10.1. The molecule has 0 spiro atoms. The van der Waals surface area contributed by atoms with Gasteiger partial charge in [-0.15, -0.1) is 10.2 Å². The first-order valence-corrected chi connectivity index (χ1v) is 11.9. The highest BCUT2D eigenvalue weighted by Crippen LogP contribution is 2.22. The van der Waals surface area contributed by atoms with E-state index in [1.54, 1.807) is 32.0 Å². The second kappa shape index (κ2) is 9.36. The van der Waals surface area contributed by atoms with E-state index in [0.29, 0.717) is 16.4 Å². The Kier molecular flexibility index (Phi) is 6.84. The normalized spacial score (nSPS) is 11.3. The molecule has 0 aliphatic carbocycles. The van der Waals surface area contributed by atoms with E-state index in [-0.39, 0.29) is 10.5 Å². The van der Waals surface area contributed by atoms with E-state index in [9.17, 15) is 13.2 Å². The standard InChI is InChI=1S/C21H24N4O3S2/c1-4-5-6-16-8-10-17(11-9-16)25-30(27,28)18-12-7-14(2)19(13-18)20(26)22-21-24-23-15(3)29-21/h7-13,25H,4-6H2,1-3H3,(H,22,24,26). The average Bonchev–Trinajstić information content (AvgIpc) is 3.11. The maximum atomic E-state index is 12.8. The highest BCUT2D eigenvalue weighted by atomic mass is 32.2. The van der Waals surface area contributed by atoms with Crippen molar-refractivity contribution in [1.29, 1.82) is 0 Å². The predicted molar refractivity (Wildman–Crippen MR) is 120 cm³/mol. The summed E-state index contributed by atoms with van der Waals surface area (Å²) in [5.74, 6) is -0.430. The topological polar surface area (TPSA) is 101 Å². The summed E-state index contributed by atoms with van der Waals surface area (Å²) >= 11 is 1.25. The molecule has 0 unspecified atom stereocenters. The molecule has 158 valence electrons. The summed E-state index contributed by atoms with van der Waals surface area (Å²) in [5.41, 5.74) is 2.57. The van der Waals surface area contributed by atoms with Gasteiger partial charge in [0.15, 0.2) is 0 Å². The zero-order chi connectivity index (χ0) is 21.7. The van der Waals surface area contributed by atoms with Crippen molar-refractivity contribution in [2.75, 3.05) is 10.0 Å². The van der Waals surface area contributed by atoms with Crippen LogP contribution in [0.3, 0.4) is 0 Å². The van der Waals surface area contributed by atoms with Crippen molar-refractivity contribution in [1.82, 2.24) is 10.2 Å². The van der Waals surface area contributed by atoms with Gasteiger partial charge in [-0.1, -0.05) is 42.9 Å². The van der Waals surface area contributed by atoms with Gasteiger partial charge in [0.1, 0.15) is 5.01 Å². The Balaban J connectivity index is 1.78. The summed E-state index contributed by atoms with van der Waals surface area (Å²) in [7, 11) is -3.84. The Bertz CT molecular complexity index is 1140. The first kappa shape index (κ1) is 21.9. The molecule has 2 N–H and O–H groups in total. The van der Waals surface area contributed by atoms with Gasteiger partial charge in [0.05, 0.1) is 4.90 Å². The molecule has 3 rings (SSSR count). The number of sulfonamides is 1. The molecule has 9 heteroatoms. The first-order valence-electron chi connectivity index (χ1n) is 9.62. The molecule has 0 saturated heterocycles. The van der Waals surface area contributed by atoms with Gasteiger partial charge in [0.25, 0.3) is 15.9 Å². The molecule has 0 bridgehead atoms. The van der Waals surface area contributed by atoms with E-state index in [1.807, 2.05) is 12.1 Å². The van der Waals surface area contributed by atoms with Gasteiger partial charge in [-0.25, -0.2) is 8.42 Å². The van der Waals surface area contributed by atoms with E-state index >= 15 is 0 Å². The van der Waals surface area contributed by atoms with Gasteiger partial charge in [0.2, 0.25) is 5.13 Å². The van der Waals surface area contributed by atoms with E-state index in [4.69, 9.17) is 0 Å². The number of hydrogen-bond acceptors (Lipinski definition) is 6. The zero-order valence-corrected chi connectivity index (χ0v) is 18.7. The highest BCUT2D eigenvalue weighted by Gasteiger charge is 2.19. The number of carbonyl (C=O) groups excluding carboxylic acids is 1. The number of aromatic nitrogens is 2. The molecule has 30 heavy (non-hydrogen) atoms. The fraction of sp³-hybridized carbons (Fsp3) is 0.286. The van der Waals surface area contributed by atoms with E-state index in [0.717, 1.165) is 24.3 Å².